The second kappa shape index (κ2) is 9.56. The summed E-state index contributed by atoms with van der Waals surface area (Å²) in [5, 5.41) is 2.98. The molecule has 2 amide bonds. The molecular weight excluding hydrogens is 314 g/mol. The molecule has 0 aliphatic carbocycles. The van der Waals surface area contributed by atoms with E-state index in [2.05, 4.69) is 24.4 Å². The topological polar surface area (TPSA) is 75.4 Å². The van der Waals surface area contributed by atoms with Crippen molar-refractivity contribution < 1.29 is 9.59 Å². The zero-order valence-electron chi connectivity index (χ0n) is 15.4. The Kier molecular flexibility index (Phi) is 7.44. The van der Waals surface area contributed by atoms with Crippen LogP contribution in [0.15, 0.2) is 30.3 Å². The first-order valence-corrected chi connectivity index (χ1v) is 9.44. The summed E-state index contributed by atoms with van der Waals surface area (Å²) in [4.78, 5) is 26.9. The number of amides is 2. The van der Waals surface area contributed by atoms with Crippen molar-refractivity contribution in [1.82, 2.24) is 10.2 Å². The Morgan fingerprint density at radius 1 is 1.28 bits per heavy atom. The molecule has 0 bridgehead atoms. The average molecular weight is 345 g/mol. The summed E-state index contributed by atoms with van der Waals surface area (Å²) >= 11 is 0. The number of benzene rings is 1. The van der Waals surface area contributed by atoms with Crippen LogP contribution in [0, 0.1) is 5.92 Å². The lowest BCUT2D eigenvalue weighted by Crippen LogP contribution is -2.51. The number of nitrogens with zero attached hydrogens (tertiary/aromatic N) is 1. The van der Waals surface area contributed by atoms with Gasteiger partial charge in [-0.15, -0.1) is 0 Å². The standard InChI is InChI=1S/C20H31N3O2/c1-3-5-11-22-19(24)18-13-16(12-15-9-7-6-8-10-15)14-23(18)20(25)17(21)4-2/h6-10,16-18H,3-5,11-14,21H2,1-2H3,(H,22,24)/t16-,17-,18-/m0/s1. The molecule has 5 nitrogen and oxygen atoms in total. The van der Waals surface area contributed by atoms with Crippen molar-refractivity contribution in [2.45, 2.75) is 58.0 Å². The van der Waals surface area contributed by atoms with Gasteiger partial charge in [0.1, 0.15) is 6.04 Å². The van der Waals surface area contributed by atoms with E-state index in [1.165, 1.54) is 5.56 Å². The minimum absolute atomic E-state index is 0.0411. The number of carbonyl (C=O) groups is 2. The molecule has 2 rings (SSSR count). The van der Waals surface area contributed by atoms with Crippen molar-refractivity contribution in [3.8, 4) is 0 Å². The van der Waals surface area contributed by atoms with Crippen molar-refractivity contribution in [3.05, 3.63) is 35.9 Å². The number of hydrogen-bond donors (Lipinski definition) is 2. The largest absolute Gasteiger partial charge is 0.354 e. The summed E-state index contributed by atoms with van der Waals surface area (Å²) in [6, 6.07) is 9.32. The summed E-state index contributed by atoms with van der Waals surface area (Å²) in [6.45, 7) is 5.26. The van der Waals surface area contributed by atoms with Gasteiger partial charge in [0.05, 0.1) is 6.04 Å². The van der Waals surface area contributed by atoms with E-state index in [-0.39, 0.29) is 17.7 Å². The number of carbonyl (C=O) groups excluding carboxylic acids is 2. The van der Waals surface area contributed by atoms with Crippen LogP contribution in [0.3, 0.4) is 0 Å². The maximum absolute atomic E-state index is 12.6. The van der Waals surface area contributed by atoms with Crippen LogP contribution in [-0.2, 0) is 16.0 Å². The molecule has 1 saturated heterocycles. The van der Waals surface area contributed by atoms with Crippen molar-refractivity contribution >= 4 is 11.8 Å². The van der Waals surface area contributed by atoms with Gasteiger partial charge in [-0.25, -0.2) is 0 Å². The quantitative estimate of drug-likeness (QED) is 0.709. The third kappa shape index (κ3) is 5.30. The predicted molar refractivity (Wildman–Crippen MR) is 99.9 cm³/mol. The van der Waals surface area contributed by atoms with E-state index in [1.807, 2.05) is 25.1 Å². The van der Waals surface area contributed by atoms with Gasteiger partial charge in [-0.2, -0.15) is 0 Å². The molecule has 0 aromatic heterocycles. The lowest BCUT2D eigenvalue weighted by Gasteiger charge is -2.26. The number of rotatable bonds is 8. The highest BCUT2D eigenvalue weighted by atomic mass is 16.2. The fourth-order valence-electron chi connectivity index (χ4n) is 3.40. The smallest absolute Gasteiger partial charge is 0.242 e. The van der Waals surface area contributed by atoms with E-state index in [9.17, 15) is 9.59 Å². The molecule has 5 heteroatoms. The molecule has 1 aliphatic rings. The van der Waals surface area contributed by atoms with E-state index < -0.39 is 12.1 Å². The third-order valence-corrected chi connectivity index (χ3v) is 4.93. The summed E-state index contributed by atoms with van der Waals surface area (Å²) in [7, 11) is 0. The van der Waals surface area contributed by atoms with Crippen molar-refractivity contribution in [3.63, 3.8) is 0 Å². The molecule has 138 valence electrons. The van der Waals surface area contributed by atoms with Gasteiger partial charge in [0.15, 0.2) is 0 Å². The number of hydrogen-bond acceptors (Lipinski definition) is 3. The Labute approximate surface area is 151 Å². The second-order valence-electron chi connectivity index (χ2n) is 6.96. The minimum Gasteiger partial charge on any atom is -0.354 e. The highest BCUT2D eigenvalue weighted by molar-refractivity contribution is 5.90. The van der Waals surface area contributed by atoms with Crippen LogP contribution < -0.4 is 11.1 Å². The van der Waals surface area contributed by atoms with Crippen molar-refractivity contribution in [2.75, 3.05) is 13.1 Å². The fourth-order valence-corrected chi connectivity index (χ4v) is 3.40. The number of nitrogens with two attached hydrogens (primary N) is 1. The summed E-state index contributed by atoms with van der Waals surface area (Å²) in [5.74, 6) is 0.145. The molecule has 1 heterocycles. The van der Waals surface area contributed by atoms with E-state index in [1.54, 1.807) is 4.90 Å². The van der Waals surface area contributed by atoms with Crippen LogP contribution in [0.2, 0.25) is 0 Å². The van der Waals surface area contributed by atoms with E-state index in [4.69, 9.17) is 5.73 Å². The highest BCUT2D eigenvalue weighted by Gasteiger charge is 2.40. The van der Waals surface area contributed by atoms with Crippen molar-refractivity contribution in [2.24, 2.45) is 11.7 Å². The zero-order chi connectivity index (χ0) is 18.2. The van der Waals surface area contributed by atoms with Crippen LogP contribution in [0.4, 0.5) is 0 Å². The van der Waals surface area contributed by atoms with Crippen LogP contribution in [0.1, 0.15) is 45.1 Å². The number of nitrogens with one attached hydrogen (secondary N) is 1. The lowest BCUT2D eigenvalue weighted by molar-refractivity contribution is -0.139. The van der Waals surface area contributed by atoms with Crippen molar-refractivity contribution in [1.29, 1.82) is 0 Å². The summed E-state index contributed by atoms with van der Waals surface area (Å²) in [6.07, 6.45) is 4.15. The lowest BCUT2D eigenvalue weighted by atomic mass is 9.96. The van der Waals surface area contributed by atoms with Crippen LogP contribution in [0.25, 0.3) is 0 Å². The summed E-state index contributed by atoms with van der Waals surface area (Å²) < 4.78 is 0. The molecule has 25 heavy (non-hydrogen) atoms. The van der Waals surface area contributed by atoms with E-state index >= 15 is 0 Å². The van der Waals surface area contributed by atoms with Gasteiger partial charge >= 0.3 is 0 Å². The van der Waals surface area contributed by atoms with Crippen LogP contribution in [-0.4, -0.2) is 41.9 Å². The molecule has 0 spiro atoms. The van der Waals surface area contributed by atoms with Gasteiger partial charge in [-0.1, -0.05) is 50.6 Å². The van der Waals surface area contributed by atoms with E-state index in [0.717, 1.165) is 19.3 Å². The van der Waals surface area contributed by atoms with Crippen LogP contribution in [0.5, 0.6) is 0 Å². The summed E-state index contributed by atoms with van der Waals surface area (Å²) in [5.41, 5.74) is 7.20. The van der Waals surface area contributed by atoms with Gasteiger partial charge in [0.25, 0.3) is 0 Å². The first kappa shape index (κ1) is 19.4. The van der Waals surface area contributed by atoms with Crippen LogP contribution >= 0.6 is 0 Å². The van der Waals surface area contributed by atoms with Gasteiger partial charge < -0.3 is 16.0 Å². The molecule has 1 fully saturated rings. The molecule has 0 saturated carbocycles. The molecule has 1 aromatic rings. The van der Waals surface area contributed by atoms with Gasteiger partial charge in [-0.05, 0) is 37.2 Å². The molecule has 0 unspecified atom stereocenters. The molecule has 0 radical (unpaired) electrons. The van der Waals surface area contributed by atoms with Gasteiger partial charge in [0, 0.05) is 13.1 Å². The Bertz CT molecular complexity index is 561. The monoisotopic (exact) mass is 345 g/mol. The minimum atomic E-state index is -0.526. The highest BCUT2D eigenvalue weighted by Crippen LogP contribution is 2.27. The first-order chi connectivity index (χ1) is 12.1. The SMILES string of the molecule is CCCCNC(=O)[C@@H]1C[C@H](Cc2ccccc2)CN1C(=O)[C@@H](N)CC. The Morgan fingerprint density at radius 3 is 2.64 bits per heavy atom. The average Bonchev–Trinajstić information content (AvgIpc) is 3.05. The molecule has 3 atom stereocenters. The normalized spacial score (nSPS) is 21.2. The number of likely N-dealkylation sites (tertiary alicyclic amines) is 1. The molecule has 1 aliphatic heterocycles. The third-order valence-electron chi connectivity index (χ3n) is 4.93. The number of unbranched alkanes of at least 4 members (excludes halogenated alkanes) is 1. The zero-order valence-corrected chi connectivity index (χ0v) is 15.4. The predicted octanol–water partition coefficient (Wildman–Crippen LogP) is 2.10. The molecule has 1 aromatic carbocycles. The van der Waals surface area contributed by atoms with E-state index in [0.29, 0.717) is 25.9 Å². The maximum atomic E-state index is 12.6. The maximum Gasteiger partial charge on any atom is 0.242 e. The molecule has 3 N–H and O–H groups in total. The fraction of sp³-hybridized carbons (Fsp3) is 0.600. The first-order valence-electron chi connectivity index (χ1n) is 9.44. The Morgan fingerprint density at radius 2 is 2.00 bits per heavy atom. The molecular formula is C20H31N3O2. The Hall–Kier alpha value is -1.88. The Balaban J connectivity index is 2.06. The van der Waals surface area contributed by atoms with Gasteiger partial charge in [-0.3, -0.25) is 9.59 Å². The van der Waals surface area contributed by atoms with Gasteiger partial charge in [0.2, 0.25) is 11.8 Å². The second-order valence-corrected chi connectivity index (χ2v) is 6.96.